The molecule has 3 aromatic rings. The second-order valence-corrected chi connectivity index (χ2v) is 7.38. The van der Waals surface area contributed by atoms with Gasteiger partial charge >= 0.3 is 0 Å². The Balaban J connectivity index is 1.50. The number of rotatable bonds is 5. The van der Waals surface area contributed by atoms with E-state index in [1.54, 1.807) is 55.5 Å². The Morgan fingerprint density at radius 2 is 1.73 bits per heavy atom. The van der Waals surface area contributed by atoms with Crippen molar-refractivity contribution in [1.29, 1.82) is 0 Å². The Labute approximate surface area is 173 Å². The molecule has 1 unspecified atom stereocenters. The zero-order valence-corrected chi connectivity index (χ0v) is 16.9. The van der Waals surface area contributed by atoms with Gasteiger partial charge in [0.15, 0.2) is 0 Å². The van der Waals surface area contributed by atoms with Gasteiger partial charge in [0.25, 0.3) is 17.7 Å². The number of nitrogens with zero attached hydrogens (tertiary/aromatic N) is 2. The van der Waals surface area contributed by atoms with Gasteiger partial charge in [-0.25, -0.2) is 0 Å². The molecule has 3 amide bonds. The molecule has 0 saturated heterocycles. The normalized spacial score (nSPS) is 14.0. The van der Waals surface area contributed by atoms with E-state index >= 15 is 0 Å². The smallest absolute Gasteiger partial charge is 0.261 e. The van der Waals surface area contributed by atoms with E-state index in [9.17, 15) is 14.4 Å². The summed E-state index contributed by atoms with van der Waals surface area (Å²) < 4.78 is 5.17. The minimum atomic E-state index is -0.322. The highest BCUT2D eigenvalue weighted by Crippen LogP contribution is 2.25. The summed E-state index contributed by atoms with van der Waals surface area (Å²) in [5.41, 5.74) is 3.55. The summed E-state index contributed by atoms with van der Waals surface area (Å²) in [6, 6.07) is 13.4. The quantitative estimate of drug-likeness (QED) is 0.658. The lowest BCUT2D eigenvalue weighted by Gasteiger charge is -2.16. The fraction of sp³-hybridized carbons (Fsp3) is 0.217. The minimum Gasteiger partial charge on any atom is -0.361 e. The van der Waals surface area contributed by atoms with Gasteiger partial charge in [0.05, 0.1) is 29.4 Å². The largest absolute Gasteiger partial charge is 0.361 e. The summed E-state index contributed by atoms with van der Waals surface area (Å²) in [4.78, 5) is 39.1. The maximum absolute atomic E-state index is 12.8. The topological polar surface area (TPSA) is 92.5 Å². The number of imide groups is 1. The van der Waals surface area contributed by atoms with Gasteiger partial charge in [-0.2, -0.15) is 0 Å². The van der Waals surface area contributed by atoms with Crippen LogP contribution in [0.1, 0.15) is 66.6 Å². The van der Waals surface area contributed by atoms with E-state index in [1.807, 2.05) is 13.8 Å². The zero-order valence-electron chi connectivity index (χ0n) is 16.9. The molecule has 1 atom stereocenters. The highest BCUT2D eigenvalue weighted by Gasteiger charge is 2.35. The minimum absolute atomic E-state index is 0.104. The van der Waals surface area contributed by atoms with Crippen molar-refractivity contribution in [3.8, 4) is 0 Å². The molecule has 0 radical (unpaired) electrons. The van der Waals surface area contributed by atoms with E-state index in [0.717, 1.165) is 11.3 Å². The number of carbonyl (C=O) groups excluding carboxylic acids is 3. The van der Waals surface area contributed by atoms with Crippen LogP contribution in [0, 0.1) is 13.8 Å². The van der Waals surface area contributed by atoms with Gasteiger partial charge in [-0.05, 0) is 50.6 Å². The fourth-order valence-electron chi connectivity index (χ4n) is 3.84. The number of carbonyl (C=O) groups is 3. The predicted octanol–water partition coefficient (Wildman–Crippen LogP) is 3.58. The SMILES string of the molecule is Cc1noc(C)c1C(C)NC(=O)c1cccc(CN2C(=O)c3ccccc3C2=O)c1. The van der Waals surface area contributed by atoms with Crippen LogP contribution in [0.2, 0.25) is 0 Å². The van der Waals surface area contributed by atoms with E-state index in [2.05, 4.69) is 10.5 Å². The van der Waals surface area contributed by atoms with Crippen molar-refractivity contribution in [3.05, 3.63) is 87.8 Å². The molecule has 7 heteroatoms. The molecule has 7 nitrogen and oxygen atoms in total. The van der Waals surface area contributed by atoms with E-state index in [4.69, 9.17) is 4.52 Å². The molecule has 2 aromatic carbocycles. The highest BCUT2D eigenvalue weighted by atomic mass is 16.5. The monoisotopic (exact) mass is 403 g/mol. The summed E-state index contributed by atoms with van der Waals surface area (Å²) >= 11 is 0. The number of hydrogen-bond acceptors (Lipinski definition) is 5. The fourth-order valence-corrected chi connectivity index (χ4v) is 3.84. The number of fused-ring (bicyclic) bond motifs is 1. The van der Waals surface area contributed by atoms with Gasteiger partial charge in [0.1, 0.15) is 5.76 Å². The van der Waals surface area contributed by atoms with Crippen LogP contribution < -0.4 is 5.32 Å². The standard InChI is InChI=1S/C23H21N3O4/c1-13(20-14(2)25-30-15(20)3)24-21(27)17-8-6-7-16(11-17)12-26-22(28)18-9-4-5-10-19(18)23(26)29/h4-11,13H,12H2,1-3H3,(H,24,27). The molecular weight excluding hydrogens is 382 g/mol. The number of aryl methyl sites for hydroxylation is 2. The third-order valence-corrected chi connectivity index (χ3v) is 5.28. The summed E-state index contributed by atoms with van der Waals surface area (Å²) in [6.45, 7) is 5.61. The van der Waals surface area contributed by atoms with Gasteiger partial charge in [-0.15, -0.1) is 0 Å². The summed E-state index contributed by atoms with van der Waals surface area (Å²) in [7, 11) is 0. The first-order valence-corrected chi connectivity index (χ1v) is 9.64. The Kier molecular flexibility index (Phi) is 4.95. The number of nitrogens with one attached hydrogen (secondary N) is 1. The van der Waals surface area contributed by atoms with Crippen molar-refractivity contribution >= 4 is 17.7 Å². The zero-order chi connectivity index (χ0) is 21.4. The van der Waals surface area contributed by atoms with Crippen LogP contribution in [-0.2, 0) is 6.54 Å². The van der Waals surface area contributed by atoms with Crippen molar-refractivity contribution in [2.24, 2.45) is 0 Å². The second kappa shape index (κ2) is 7.59. The van der Waals surface area contributed by atoms with Crippen LogP contribution in [-0.4, -0.2) is 27.8 Å². The molecular formula is C23H21N3O4. The summed E-state index contributed by atoms with van der Waals surface area (Å²) in [5.74, 6) is -0.235. The van der Waals surface area contributed by atoms with Crippen LogP contribution in [0.5, 0.6) is 0 Å². The first-order chi connectivity index (χ1) is 14.4. The lowest BCUT2D eigenvalue weighted by atomic mass is 10.1. The first kappa shape index (κ1) is 19.6. The molecule has 0 fully saturated rings. The van der Waals surface area contributed by atoms with E-state index in [1.165, 1.54) is 4.90 Å². The third kappa shape index (κ3) is 3.39. The Morgan fingerprint density at radius 3 is 2.33 bits per heavy atom. The van der Waals surface area contributed by atoms with Crippen molar-refractivity contribution in [2.75, 3.05) is 0 Å². The molecule has 1 N–H and O–H groups in total. The van der Waals surface area contributed by atoms with E-state index < -0.39 is 0 Å². The third-order valence-electron chi connectivity index (χ3n) is 5.28. The molecule has 0 spiro atoms. The van der Waals surface area contributed by atoms with Crippen molar-refractivity contribution < 1.29 is 18.9 Å². The van der Waals surface area contributed by atoms with Gasteiger partial charge in [-0.3, -0.25) is 19.3 Å². The molecule has 1 aromatic heterocycles. The van der Waals surface area contributed by atoms with Crippen LogP contribution in [0.3, 0.4) is 0 Å². The summed E-state index contributed by atoms with van der Waals surface area (Å²) in [5, 5.41) is 6.87. The van der Waals surface area contributed by atoms with Crippen molar-refractivity contribution in [1.82, 2.24) is 15.4 Å². The number of benzene rings is 2. The van der Waals surface area contributed by atoms with Gasteiger partial charge in [-0.1, -0.05) is 29.4 Å². The number of hydrogen-bond donors (Lipinski definition) is 1. The van der Waals surface area contributed by atoms with E-state index in [-0.39, 0.29) is 30.3 Å². The average Bonchev–Trinajstić information content (AvgIpc) is 3.20. The number of amides is 3. The molecule has 4 rings (SSSR count). The molecule has 30 heavy (non-hydrogen) atoms. The first-order valence-electron chi connectivity index (χ1n) is 9.64. The van der Waals surface area contributed by atoms with Gasteiger partial charge in [0, 0.05) is 11.1 Å². The van der Waals surface area contributed by atoms with Gasteiger partial charge < -0.3 is 9.84 Å². The van der Waals surface area contributed by atoms with Crippen LogP contribution in [0.25, 0.3) is 0 Å². The molecule has 0 aliphatic carbocycles. The van der Waals surface area contributed by atoms with Crippen LogP contribution in [0.4, 0.5) is 0 Å². The Morgan fingerprint density at radius 1 is 1.07 bits per heavy atom. The molecule has 152 valence electrons. The molecule has 0 saturated carbocycles. The lowest BCUT2D eigenvalue weighted by molar-refractivity contribution is 0.0642. The maximum Gasteiger partial charge on any atom is 0.261 e. The van der Waals surface area contributed by atoms with E-state index in [0.29, 0.717) is 28.0 Å². The van der Waals surface area contributed by atoms with Crippen molar-refractivity contribution in [2.45, 2.75) is 33.4 Å². The molecule has 1 aliphatic rings. The maximum atomic E-state index is 12.8. The summed E-state index contributed by atoms with van der Waals surface area (Å²) in [6.07, 6.45) is 0. The highest BCUT2D eigenvalue weighted by molar-refractivity contribution is 6.21. The van der Waals surface area contributed by atoms with Crippen molar-refractivity contribution in [3.63, 3.8) is 0 Å². The van der Waals surface area contributed by atoms with Crippen LogP contribution in [0.15, 0.2) is 53.1 Å². The Hall–Kier alpha value is -3.74. The van der Waals surface area contributed by atoms with Gasteiger partial charge in [0.2, 0.25) is 0 Å². The predicted molar refractivity (Wildman–Crippen MR) is 109 cm³/mol. The van der Waals surface area contributed by atoms with Crippen LogP contribution >= 0.6 is 0 Å². The average molecular weight is 403 g/mol. The number of aromatic nitrogens is 1. The molecule has 0 bridgehead atoms. The Bertz CT molecular complexity index is 1110. The lowest BCUT2D eigenvalue weighted by Crippen LogP contribution is -2.30. The molecule has 2 heterocycles. The molecule has 1 aliphatic heterocycles. The second-order valence-electron chi connectivity index (χ2n) is 7.38.